The maximum atomic E-state index is 11.3. The Labute approximate surface area is 108 Å². The lowest BCUT2D eigenvalue weighted by Gasteiger charge is -2.01. The number of nitro benzene ring substituents is 1. The second kappa shape index (κ2) is 5.34. The Morgan fingerprint density at radius 3 is 3.00 bits per heavy atom. The number of hydrogen-bond donors (Lipinski definition) is 2. The molecule has 0 saturated heterocycles. The summed E-state index contributed by atoms with van der Waals surface area (Å²) in [5.74, 6) is -0.209. The maximum Gasteiger partial charge on any atom is 0.298 e. The van der Waals surface area contributed by atoms with Crippen LogP contribution in [0.5, 0.6) is 0 Å². The number of nitrogens with one attached hydrogen (secondary N) is 2. The molecule has 19 heavy (non-hydrogen) atoms. The van der Waals surface area contributed by atoms with Crippen molar-refractivity contribution in [3.05, 3.63) is 28.3 Å². The molecule has 0 bridgehead atoms. The fraction of sp³-hybridized carbons (Fsp3) is 0.273. The molecule has 1 aromatic carbocycles. The number of likely N-dealkylation sites (N-methyl/N-ethyl adjacent to an activating group) is 1. The van der Waals surface area contributed by atoms with Crippen molar-refractivity contribution in [3.8, 4) is 0 Å². The Hall–Kier alpha value is -2.64. The number of carbonyl (C=O) groups is 1. The van der Waals surface area contributed by atoms with Crippen LogP contribution in [0.15, 0.2) is 22.6 Å². The first-order valence-electron chi connectivity index (χ1n) is 5.66. The average Bonchev–Trinajstić information content (AvgIpc) is 2.79. The summed E-state index contributed by atoms with van der Waals surface area (Å²) >= 11 is 0. The number of non-ortho nitro benzene ring substituents is 1. The van der Waals surface area contributed by atoms with Crippen molar-refractivity contribution in [2.24, 2.45) is 0 Å². The van der Waals surface area contributed by atoms with Crippen molar-refractivity contribution in [1.82, 2.24) is 10.3 Å². The predicted molar refractivity (Wildman–Crippen MR) is 67.8 cm³/mol. The number of anilines is 1. The number of para-hydroxylation sites is 1. The third-order valence-electron chi connectivity index (χ3n) is 2.37. The zero-order valence-electron chi connectivity index (χ0n) is 10.2. The van der Waals surface area contributed by atoms with Gasteiger partial charge in [-0.1, -0.05) is 6.07 Å². The minimum atomic E-state index is -0.529. The molecule has 2 rings (SSSR count). The second-order valence-corrected chi connectivity index (χ2v) is 3.71. The van der Waals surface area contributed by atoms with Crippen molar-refractivity contribution < 1.29 is 14.1 Å². The summed E-state index contributed by atoms with van der Waals surface area (Å²) in [7, 11) is 0. The molecular formula is C11H12N4O4. The van der Waals surface area contributed by atoms with E-state index in [-0.39, 0.29) is 29.7 Å². The third-order valence-corrected chi connectivity index (χ3v) is 2.37. The molecule has 0 unspecified atom stereocenters. The number of amides is 1. The zero-order chi connectivity index (χ0) is 13.8. The minimum absolute atomic E-state index is 0.00550. The van der Waals surface area contributed by atoms with Gasteiger partial charge >= 0.3 is 0 Å². The Balaban J connectivity index is 2.20. The highest BCUT2D eigenvalue weighted by Crippen LogP contribution is 2.26. The van der Waals surface area contributed by atoms with Gasteiger partial charge in [-0.15, -0.1) is 0 Å². The van der Waals surface area contributed by atoms with Crippen LogP contribution >= 0.6 is 0 Å². The summed E-state index contributed by atoms with van der Waals surface area (Å²) in [6.07, 6.45) is 0. The van der Waals surface area contributed by atoms with Crippen LogP contribution in [0.1, 0.15) is 6.92 Å². The summed E-state index contributed by atoms with van der Waals surface area (Å²) in [5, 5.41) is 16.1. The van der Waals surface area contributed by atoms with Gasteiger partial charge in [0.2, 0.25) is 5.91 Å². The van der Waals surface area contributed by atoms with E-state index < -0.39 is 4.92 Å². The lowest BCUT2D eigenvalue weighted by Crippen LogP contribution is -2.29. The summed E-state index contributed by atoms with van der Waals surface area (Å²) in [5.41, 5.74) is 0.325. The van der Waals surface area contributed by atoms with Gasteiger partial charge in [0.1, 0.15) is 0 Å². The Bertz CT molecular complexity index is 622. The number of benzene rings is 1. The molecule has 1 aromatic heterocycles. The molecule has 0 aliphatic heterocycles. The van der Waals surface area contributed by atoms with Crippen LogP contribution in [0, 0.1) is 10.1 Å². The Morgan fingerprint density at radius 2 is 2.32 bits per heavy atom. The lowest BCUT2D eigenvalue weighted by atomic mass is 10.3. The number of fused-ring (bicyclic) bond motifs is 1. The quantitative estimate of drug-likeness (QED) is 0.621. The smallest absolute Gasteiger partial charge is 0.298 e. The van der Waals surface area contributed by atoms with E-state index in [1.807, 2.05) is 0 Å². The highest BCUT2D eigenvalue weighted by molar-refractivity contribution is 5.85. The number of aromatic nitrogens is 1. The van der Waals surface area contributed by atoms with Crippen molar-refractivity contribution >= 4 is 28.7 Å². The molecule has 0 atom stereocenters. The van der Waals surface area contributed by atoms with Crippen molar-refractivity contribution in [3.63, 3.8) is 0 Å². The van der Waals surface area contributed by atoms with Gasteiger partial charge in [-0.2, -0.15) is 4.98 Å². The number of oxazole rings is 1. The van der Waals surface area contributed by atoms with Crippen LogP contribution < -0.4 is 10.6 Å². The Kier molecular flexibility index (Phi) is 3.60. The van der Waals surface area contributed by atoms with Crippen LogP contribution in [0.2, 0.25) is 0 Å². The normalized spacial score (nSPS) is 10.4. The first kappa shape index (κ1) is 12.8. The first-order chi connectivity index (χ1) is 9.11. The molecule has 1 heterocycles. The van der Waals surface area contributed by atoms with Crippen molar-refractivity contribution in [2.75, 3.05) is 18.4 Å². The van der Waals surface area contributed by atoms with Gasteiger partial charge in [0.15, 0.2) is 11.1 Å². The van der Waals surface area contributed by atoms with Gasteiger partial charge < -0.3 is 15.1 Å². The SMILES string of the molecule is CCNC(=O)CNc1nc2c([N+](=O)[O-])cccc2o1. The summed E-state index contributed by atoms with van der Waals surface area (Å²) < 4.78 is 5.28. The molecule has 2 aromatic rings. The summed E-state index contributed by atoms with van der Waals surface area (Å²) in [4.78, 5) is 25.5. The monoisotopic (exact) mass is 264 g/mol. The van der Waals surface area contributed by atoms with Gasteiger partial charge in [-0.05, 0) is 13.0 Å². The van der Waals surface area contributed by atoms with E-state index >= 15 is 0 Å². The fourth-order valence-corrected chi connectivity index (χ4v) is 1.57. The average molecular weight is 264 g/mol. The van der Waals surface area contributed by atoms with Gasteiger partial charge in [0, 0.05) is 12.6 Å². The van der Waals surface area contributed by atoms with Crippen LogP contribution in [-0.4, -0.2) is 28.9 Å². The van der Waals surface area contributed by atoms with E-state index in [1.54, 1.807) is 13.0 Å². The van der Waals surface area contributed by atoms with E-state index in [9.17, 15) is 14.9 Å². The number of rotatable bonds is 5. The van der Waals surface area contributed by atoms with E-state index in [0.717, 1.165) is 0 Å². The molecule has 8 nitrogen and oxygen atoms in total. The standard InChI is InChI=1S/C11H12N4O4/c1-2-12-9(16)6-13-11-14-10-7(15(17)18)4-3-5-8(10)19-11/h3-5H,2,6H2,1H3,(H,12,16)(H,13,14). The van der Waals surface area contributed by atoms with Crippen LogP contribution in [0.3, 0.4) is 0 Å². The van der Waals surface area contributed by atoms with E-state index in [4.69, 9.17) is 4.42 Å². The molecule has 0 radical (unpaired) electrons. The highest BCUT2D eigenvalue weighted by Gasteiger charge is 2.17. The largest absolute Gasteiger partial charge is 0.423 e. The molecule has 0 aliphatic rings. The number of carbonyl (C=O) groups excluding carboxylic acids is 1. The number of nitro groups is 1. The van der Waals surface area contributed by atoms with Gasteiger partial charge in [0.05, 0.1) is 11.5 Å². The van der Waals surface area contributed by atoms with Gasteiger partial charge in [-0.3, -0.25) is 14.9 Å². The molecular weight excluding hydrogens is 252 g/mol. The number of hydrogen-bond acceptors (Lipinski definition) is 6. The molecule has 8 heteroatoms. The van der Waals surface area contributed by atoms with E-state index in [0.29, 0.717) is 12.1 Å². The van der Waals surface area contributed by atoms with Crippen LogP contribution in [0.4, 0.5) is 11.7 Å². The van der Waals surface area contributed by atoms with E-state index in [2.05, 4.69) is 15.6 Å². The van der Waals surface area contributed by atoms with Crippen LogP contribution in [-0.2, 0) is 4.79 Å². The highest BCUT2D eigenvalue weighted by atomic mass is 16.6. The first-order valence-corrected chi connectivity index (χ1v) is 5.66. The van der Waals surface area contributed by atoms with Crippen molar-refractivity contribution in [1.29, 1.82) is 0 Å². The molecule has 0 spiro atoms. The molecule has 1 amide bonds. The van der Waals surface area contributed by atoms with E-state index in [1.165, 1.54) is 12.1 Å². The Morgan fingerprint density at radius 1 is 1.53 bits per heavy atom. The molecule has 0 saturated carbocycles. The van der Waals surface area contributed by atoms with Gasteiger partial charge in [0.25, 0.3) is 11.7 Å². The minimum Gasteiger partial charge on any atom is -0.423 e. The molecule has 0 fully saturated rings. The predicted octanol–water partition coefficient (Wildman–Crippen LogP) is 1.28. The molecule has 2 N–H and O–H groups in total. The number of nitrogens with zero attached hydrogens (tertiary/aromatic N) is 2. The summed E-state index contributed by atoms with van der Waals surface area (Å²) in [6.45, 7) is 2.33. The van der Waals surface area contributed by atoms with Gasteiger partial charge in [-0.25, -0.2) is 0 Å². The maximum absolute atomic E-state index is 11.3. The fourth-order valence-electron chi connectivity index (χ4n) is 1.57. The second-order valence-electron chi connectivity index (χ2n) is 3.71. The zero-order valence-corrected chi connectivity index (χ0v) is 10.2. The van der Waals surface area contributed by atoms with Crippen LogP contribution in [0.25, 0.3) is 11.1 Å². The molecule has 100 valence electrons. The lowest BCUT2D eigenvalue weighted by molar-refractivity contribution is -0.383. The summed E-state index contributed by atoms with van der Waals surface area (Å²) in [6, 6.07) is 4.51. The topological polar surface area (TPSA) is 110 Å². The third kappa shape index (κ3) is 2.79. The molecule has 0 aliphatic carbocycles. The van der Waals surface area contributed by atoms with Crippen molar-refractivity contribution in [2.45, 2.75) is 6.92 Å².